The molecule has 0 atom stereocenters. The fourth-order valence-electron chi connectivity index (χ4n) is 1.37. The Morgan fingerprint density at radius 2 is 1.68 bits per heavy atom. The van der Waals surface area contributed by atoms with E-state index in [0.29, 0.717) is 13.2 Å². The summed E-state index contributed by atoms with van der Waals surface area (Å²) >= 11 is 0. The number of carboxylic acids is 1. The molecule has 6 nitrogen and oxygen atoms in total. The van der Waals surface area contributed by atoms with E-state index in [9.17, 15) is 18.0 Å². The standard InChI is InChI=1S/C8H16N2O2.C2HF3O2/c1-2-9-3-5-10(6-4-9)7-12-8-11;3-2(4,5)1(6)7/h8H,2-7H2,1H3;(H,6,7). The minimum absolute atomic E-state index is 0.445. The summed E-state index contributed by atoms with van der Waals surface area (Å²) in [5.74, 6) is -2.76. The molecule has 0 aliphatic carbocycles. The molecular formula is C10H17F3N2O4. The molecule has 0 amide bonds. The van der Waals surface area contributed by atoms with E-state index in [2.05, 4.69) is 21.5 Å². The third-order valence-corrected chi connectivity index (χ3v) is 2.48. The summed E-state index contributed by atoms with van der Waals surface area (Å²) in [4.78, 5) is 23.3. The predicted octanol–water partition coefficient (Wildman–Crippen LogP) is 0.388. The molecule has 19 heavy (non-hydrogen) atoms. The van der Waals surface area contributed by atoms with E-state index < -0.39 is 12.1 Å². The van der Waals surface area contributed by atoms with Gasteiger partial charge in [-0.3, -0.25) is 9.69 Å². The minimum Gasteiger partial charge on any atom is -0.475 e. The molecule has 0 aromatic carbocycles. The van der Waals surface area contributed by atoms with E-state index in [1.807, 2.05) is 0 Å². The van der Waals surface area contributed by atoms with Gasteiger partial charge in [0, 0.05) is 26.2 Å². The summed E-state index contributed by atoms with van der Waals surface area (Å²) in [5.41, 5.74) is 0. The largest absolute Gasteiger partial charge is 0.490 e. The number of carbonyl (C=O) groups excluding carboxylic acids is 1. The summed E-state index contributed by atoms with van der Waals surface area (Å²) in [6, 6.07) is 0. The van der Waals surface area contributed by atoms with Gasteiger partial charge < -0.3 is 14.7 Å². The molecule has 0 aromatic heterocycles. The number of ether oxygens (including phenoxy) is 1. The summed E-state index contributed by atoms with van der Waals surface area (Å²) < 4.78 is 36.4. The molecule has 1 rings (SSSR count). The highest BCUT2D eigenvalue weighted by molar-refractivity contribution is 5.73. The van der Waals surface area contributed by atoms with Crippen molar-refractivity contribution in [2.24, 2.45) is 0 Å². The smallest absolute Gasteiger partial charge is 0.475 e. The number of alkyl halides is 3. The van der Waals surface area contributed by atoms with E-state index in [1.54, 1.807) is 0 Å². The SMILES string of the molecule is CCN1CCN(COC=O)CC1.O=C(O)C(F)(F)F. The number of hydrogen-bond acceptors (Lipinski definition) is 5. The van der Waals surface area contributed by atoms with Crippen molar-refractivity contribution < 1.29 is 32.6 Å². The fourth-order valence-corrected chi connectivity index (χ4v) is 1.37. The van der Waals surface area contributed by atoms with E-state index in [1.165, 1.54) is 0 Å². The summed E-state index contributed by atoms with van der Waals surface area (Å²) in [6.07, 6.45) is -5.08. The molecule has 0 bridgehead atoms. The molecule has 1 fully saturated rings. The number of halogens is 3. The summed E-state index contributed by atoms with van der Waals surface area (Å²) in [5, 5.41) is 7.12. The second-order valence-corrected chi connectivity index (χ2v) is 3.75. The Balaban J connectivity index is 0.000000399. The first-order valence-corrected chi connectivity index (χ1v) is 5.61. The van der Waals surface area contributed by atoms with Crippen molar-refractivity contribution in [1.82, 2.24) is 9.80 Å². The lowest BCUT2D eigenvalue weighted by atomic mass is 10.3. The lowest BCUT2D eigenvalue weighted by Gasteiger charge is -2.32. The molecule has 1 saturated heterocycles. The lowest BCUT2D eigenvalue weighted by Crippen LogP contribution is -2.46. The fraction of sp³-hybridized carbons (Fsp3) is 0.800. The first-order valence-electron chi connectivity index (χ1n) is 5.61. The van der Waals surface area contributed by atoms with Crippen LogP contribution in [0.3, 0.4) is 0 Å². The highest BCUT2D eigenvalue weighted by Crippen LogP contribution is 2.13. The minimum atomic E-state index is -5.08. The highest BCUT2D eigenvalue weighted by Gasteiger charge is 2.38. The Kier molecular flexibility index (Phi) is 8.08. The van der Waals surface area contributed by atoms with Crippen molar-refractivity contribution in [3.8, 4) is 0 Å². The molecule has 9 heteroatoms. The number of carboxylic acid groups (broad SMARTS) is 1. The summed E-state index contributed by atoms with van der Waals surface area (Å²) in [7, 11) is 0. The third kappa shape index (κ3) is 8.38. The number of hydrogen-bond donors (Lipinski definition) is 1. The van der Waals surface area contributed by atoms with Crippen LogP contribution in [0.15, 0.2) is 0 Å². The van der Waals surface area contributed by atoms with Gasteiger partial charge in [-0.15, -0.1) is 0 Å². The van der Waals surface area contributed by atoms with Gasteiger partial charge in [0.1, 0.15) is 6.73 Å². The molecule has 112 valence electrons. The topological polar surface area (TPSA) is 70.1 Å². The summed E-state index contributed by atoms with van der Waals surface area (Å²) in [6.45, 7) is 8.40. The zero-order valence-electron chi connectivity index (χ0n) is 10.5. The van der Waals surface area contributed by atoms with E-state index in [4.69, 9.17) is 9.90 Å². The van der Waals surface area contributed by atoms with Crippen molar-refractivity contribution in [3.63, 3.8) is 0 Å². The first kappa shape index (κ1) is 17.6. The van der Waals surface area contributed by atoms with E-state index in [-0.39, 0.29) is 0 Å². The molecule has 1 aliphatic rings. The van der Waals surface area contributed by atoms with Crippen molar-refractivity contribution in [1.29, 1.82) is 0 Å². The van der Waals surface area contributed by atoms with Crippen molar-refractivity contribution in [3.05, 3.63) is 0 Å². The van der Waals surface area contributed by atoms with Crippen LogP contribution in [0.25, 0.3) is 0 Å². The van der Waals surface area contributed by atoms with Crippen LogP contribution in [0.4, 0.5) is 13.2 Å². The van der Waals surface area contributed by atoms with Gasteiger partial charge in [0.2, 0.25) is 0 Å². The zero-order valence-corrected chi connectivity index (χ0v) is 10.5. The Labute approximate surface area is 108 Å². The average molecular weight is 286 g/mol. The van der Waals surface area contributed by atoms with Crippen molar-refractivity contribution in [2.75, 3.05) is 39.5 Å². The Morgan fingerprint density at radius 1 is 1.26 bits per heavy atom. The monoisotopic (exact) mass is 286 g/mol. The van der Waals surface area contributed by atoms with Gasteiger partial charge in [-0.1, -0.05) is 6.92 Å². The number of aliphatic carboxylic acids is 1. The van der Waals surface area contributed by atoms with Crippen LogP contribution in [0.1, 0.15) is 6.92 Å². The van der Waals surface area contributed by atoms with Crippen molar-refractivity contribution in [2.45, 2.75) is 13.1 Å². The molecule has 0 unspecified atom stereocenters. The Bertz CT molecular complexity index is 278. The molecule has 1 heterocycles. The third-order valence-electron chi connectivity index (χ3n) is 2.48. The normalized spacial score (nSPS) is 17.3. The van der Waals surface area contributed by atoms with Crippen LogP contribution in [0.2, 0.25) is 0 Å². The molecule has 0 radical (unpaired) electrons. The highest BCUT2D eigenvalue weighted by atomic mass is 19.4. The van der Waals surface area contributed by atoms with E-state index >= 15 is 0 Å². The first-order chi connectivity index (χ1) is 8.81. The van der Waals surface area contributed by atoms with Gasteiger partial charge in [0.05, 0.1) is 0 Å². The Morgan fingerprint density at radius 3 is 2.00 bits per heavy atom. The maximum atomic E-state index is 10.6. The second-order valence-electron chi connectivity index (χ2n) is 3.75. The number of nitrogens with zero attached hydrogens (tertiary/aromatic N) is 2. The maximum Gasteiger partial charge on any atom is 0.490 e. The van der Waals surface area contributed by atoms with Crippen LogP contribution in [0.5, 0.6) is 0 Å². The van der Waals surface area contributed by atoms with Crippen LogP contribution in [-0.2, 0) is 14.3 Å². The van der Waals surface area contributed by atoms with Crippen LogP contribution < -0.4 is 0 Å². The lowest BCUT2D eigenvalue weighted by molar-refractivity contribution is -0.192. The number of likely N-dealkylation sites (N-methyl/N-ethyl adjacent to an activating group) is 1. The number of rotatable bonds is 4. The van der Waals surface area contributed by atoms with Gasteiger partial charge in [0.15, 0.2) is 0 Å². The maximum absolute atomic E-state index is 10.6. The average Bonchev–Trinajstić information content (AvgIpc) is 2.36. The van der Waals surface area contributed by atoms with Crippen LogP contribution >= 0.6 is 0 Å². The van der Waals surface area contributed by atoms with Crippen molar-refractivity contribution >= 4 is 12.4 Å². The molecular weight excluding hydrogens is 269 g/mol. The van der Waals surface area contributed by atoms with Gasteiger partial charge in [-0.25, -0.2) is 4.79 Å². The van der Waals surface area contributed by atoms with Gasteiger partial charge >= 0.3 is 12.1 Å². The number of carbonyl (C=O) groups is 2. The van der Waals surface area contributed by atoms with Crippen LogP contribution in [-0.4, -0.2) is 73.0 Å². The molecule has 1 aliphatic heterocycles. The molecule has 0 spiro atoms. The Hall–Kier alpha value is -1.35. The molecule has 0 saturated carbocycles. The zero-order chi connectivity index (χ0) is 14.9. The predicted molar refractivity (Wildman–Crippen MR) is 59.4 cm³/mol. The van der Waals surface area contributed by atoms with Crippen LogP contribution in [0, 0.1) is 0 Å². The quantitative estimate of drug-likeness (QED) is 0.754. The van der Waals surface area contributed by atoms with Gasteiger partial charge in [-0.05, 0) is 6.54 Å². The molecule has 0 aromatic rings. The number of piperazine rings is 1. The van der Waals surface area contributed by atoms with E-state index in [0.717, 1.165) is 32.7 Å². The van der Waals surface area contributed by atoms with Gasteiger partial charge in [0.25, 0.3) is 6.47 Å². The second kappa shape index (κ2) is 8.70. The van der Waals surface area contributed by atoms with Gasteiger partial charge in [-0.2, -0.15) is 13.2 Å². The molecule has 1 N–H and O–H groups in total.